The van der Waals surface area contributed by atoms with E-state index in [-0.39, 0.29) is 6.17 Å². The number of hydroxylamine groups is 1. The average molecular weight is 328 g/mol. The van der Waals surface area contributed by atoms with Gasteiger partial charge in [0.1, 0.15) is 6.54 Å². The largest absolute Gasteiger partial charge is 0.622 e. The molecular weight excluding hydrogens is 308 g/mol. The lowest BCUT2D eigenvalue weighted by Gasteiger charge is -2.24. The third-order valence-corrected chi connectivity index (χ3v) is 4.67. The van der Waals surface area contributed by atoms with E-state index in [9.17, 15) is 5.21 Å². The number of hydrogen-bond donors (Lipinski definition) is 0. The molecule has 0 radical (unpaired) electrons. The van der Waals surface area contributed by atoms with Crippen LogP contribution in [0.2, 0.25) is 0 Å². The van der Waals surface area contributed by atoms with E-state index in [0.717, 1.165) is 27.3 Å². The molecule has 3 heteroatoms. The first kappa shape index (κ1) is 15.5. The summed E-state index contributed by atoms with van der Waals surface area (Å²) in [5.41, 5.74) is 5.06. The fourth-order valence-electron chi connectivity index (χ4n) is 3.35. The molecule has 1 unspecified atom stereocenters. The Morgan fingerprint density at radius 1 is 0.840 bits per heavy atom. The highest BCUT2D eigenvalue weighted by Crippen LogP contribution is 2.33. The molecule has 1 atom stereocenters. The number of hydrogen-bond acceptors (Lipinski definition) is 2. The second-order valence-corrected chi connectivity index (χ2v) is 6.39. The zero-order valence-corrected chi connectivity index (χ0v) is 14.2. The van der Waals surface area contributed by atoms with Crippen molar-refractivity contribution in [3.8, 4) is 0 Å². The van der Waals surface area contributed by atoms with Crippen LogP contribution in [0.5, 0.6) is 0 Å². The molecule has 25 heavy (non-hydrogen) atoms. The van der Waals surface area contributed by atoms with Gasteiger partial charge in [-0.15, -0.1) is 0 Å². The van der Waals surface area contributed by atoms with Crippen molar-refractivity contribution in [2.45, 2.75) is 13.1 Å². The predicted octanol–water partition coefficient (Wildman–Crippen LogP) is 4.51. The second-order valence-electron chi connectivity index (χ2n) is 6.39. The highest BCUT2D eigenvalue weighted by Gasteiger charge is 2.38. The summed E-state index contributed by atoms with van der Waals surface area (Å²) < 4.78 is 1.16. The molecule has 1 aliphatic rings. The number of benzene rings is 3. The van der Waals surface area contributed by atoms with Crippen LogP contribution < -0.4 is 4.90 Å². The van der Waals surface area contributed by atoms with Gasteiger partial charge in [0.25, 0.3) is 6.17 Å². The Morgan fingerprint density at radius 2 is 1.44 bits per heavy atom. The van der Waals surface area contributed by atoms with Crippen LogP contribution in [0.25, 0.3) is 0 Å². The zero-order valence-electron chi connectivity index (χ0n) is 14.2. The van der Waals surface area contributed by atoms with Crippen molar-refractivity contribution in [1.29, 1.82) is 0 Å². The van der Waals surface area contributed by atoms with Crippen molar-refractivity contribution < 1.29 is 4.74 Å². The van der Waals surface area contributed by atoms with Gasteiger partial charge in [-0.3, -0.25) is 4.90 Å². The molecule has 0 spiro atoms. The predicted molar refractivity (Wildman–Crippen MR) is 102 cm³/mol. The first-order valence-electron chi connectivity index (χ1n) is 8.50. The van der Waals surface area contributed by atoms with Crippen LogP contribution in [0.15, 0.2) is 84.9 Å². The van der Waals surface area contributed by atoms with Gasteiger partial charge in [0, 0.05) is 16.8 Å². The molecule has 0 aromatic heterocycles. The van der Waals surface area contributed by atoms with E-state index < -0.39 is 0 Å². The molecule has 124 valence electrons. The summed E-state index contributed by atoms with van der Waals surface area (Å²) in [7, 11) is 0. The van der Waals surface area contributed by atoms with Crippen LogP contribution in [0, 0.1) is 12.1 Å². The van der Waals surface area contributed by atoms with Crippen LogP contribution in [-0.4, -0.2) is 17.0 Å². The molecule has 0 amide bonds. The molecule has 3 aromatic rings. The Kier molecular flexibility index (Phi) is 3.98. The normalized spacial score (nSPS) is 17.2. The van der Waals surface area contributed by atoms with E-state index in [2.05, 4.69) is 36.1 Å². The number of rotatable bonds is 3. The monoisotopic (exact) mass is 328 g/mol. The molecule has 0 saturated heterocycles. The average Bonchev–Trinajstić information content (AvgIpc) is 3.01. The molecular formula is C22H20N2O. The molecule has 0 bridgehead atoms. The topological polar surface area (TPSA) is 29.3 Å². The summed E-state index contributed by atoms with van der Waals surface area (Å²) in [4.78, 5) is 2.17. The number of anilines is 1. The van der Waals surface area contributed by atoms with Crippen LogP contribution >= 0.6 is 0 Å². The first-order valence-corrected chi connectivity index (χ1v) is 8.50. The van der Waals surface area contributed by atoms with Crippen molar-refractivity contribution in [2.24, 2.45) is 0 Å². The minimum Gasteiger partial charge on any atom is -0.622 e. The Balaban J connectivity index is 1.81. The van der Waals surface area contributed by atoms with Crippen molar-refractivity contribution in [1.82, 2.24) is 0 Å². The first-order chi connectivity index (χ1) is 12.2. The van der Waals surface area contributed by atoms with Gasteiger partial charge in [-0.2, -0.15) is 4.74 Å². The van der Waals surface area contributed by atoms with Gasteiger partial charge in [0.2, 0.25) is 5.71 Å². The van der Waals surface area contributed by atoms with Gasteiger partial charge in [0.05, 0.1) is 0 Å². The van der Waals surface area contributed by atoms with Crippen LogP contribution in [0.1, 0.15) is 22.9 Å². The van der Waals surface area contributed by atoms with Crippen LogP contribution in [-0.2, 0) is 0 Å². The maximum atomic E-state index is 13.2. The van der Waals surface area contributed by atoms with Crippen molar-refractivity contribution in [3.63, 3.8) is 0 Å². The molecule has 0 saturated carbocycles. The third kappa shape index (κ3) is 2.89. The van der Waals surface area contributed by atoms with Crippen molar-refractivity contribution >= 4 is 11.4 Å². The third-order valence-electron chi connectivity index (χ3n) is 4.67. The zero-order chi connectivity index (χ0) is 17.2. The van der Waals surface area contributed by atoms with Crippen LogP contribution in [0.4, 0.5) is 5.69 Å². The van der Waals surface area contributed by atoms with Gasteiger partial charge in [-0.1, -0.05) is 66.2 Å². The lowest BCUT2D eigenvalue weighted by molar-refractivity contribution is -0.497. The number of nitrogens with zero attached hydrogens (tertiary/aromatic N) is 2. The highest BCUT2D eigenvalue weighted by atomic mass is 16.5. The van der Waals surface area contributed by atoms with E-state index in [1.54, 1.807) is 0 Å². The fraction of sp³-hybridized carbons (Fsp3) is 0.136. The molecule has 0 fully saturated rings. The van der Waals surface area contributed by atoms with Crippen molar-refractivity contribution in [3.05, 3.63) is 107 Å². The summed E-state index contributed by atoms with van der Waals surface area (Å²) in [6, 6.07) is 28.3. The van der Waals surface area contributed by atoms with Gasteiger partial charge in [-0.05, 0) is 31.2 Å². The Morgan fingerprint density at radius 3 is 2.08 bits per heavy atom. The molecule has 0 aliphatic carbocycles. The van der Waals surface area contributed by atoms with Crippen molar-refractivity contribution in [2.75, 3.05) is 11.4 Å². The van der Waals surface area contributed by atoms with E-state index in [4.69, 9.17) is 0 Å². The van der Waals surface area contributed by atoms with Gasteiger partial charge < -0.3 is 5.21 Å². The van der Waals surface area contributed by atoms with E-state index >= 15 is 0 Å². The molecule has 3 nitrogen and oxygen atoms in total. The minimum absolute atomic E-state index is 0.348. The molecule has 3 aromatic carbocycles. The summed E-state index contributed by atoms with van der Waals surface area (Å²) in [6.45, 7) is 2.67. The lowest BCUT2D eigenvalue weighted by atomic mass is 10.1. The smallest absolute Gasteiger partial charge is 0.266 e. The molecule has 1 aliphatic heterocycles. The van der Waals surface area contributed by atoms with E-state index in [0.29, 0.717) is 6.54 Å². The summed E-state index contributed by atoms with van der Waals surface area (Å²) in [5.74, 6) is 0. The van der Waals surface area contributed by atoms with Gasteiger partial charge in [0.15, 0.2) is 0 Å². The molecule has 0 N–H and O–H groups in total. The quantitative estimate of drug-likeness (QED) is 0.523. The lowest BCUT2D eigenvalue weighted by Crippen LogP contribution is -2.28. The van der Waals surface area contributed by atoms with E-state index in [1.807, 2.05) is 60.7 Å². The van der Waals surface area contributed by atoms with Crippen LogP contribution in [0.3, 0.4) is 0 Å². The summed E-state index contributed by atoms with van der Waals surface area (Å²) in [5, 5.41) is 13.2. The molecule has 4 rings (SSSR count). The maximum Gasteiger partial charge on any atom is 0.266 e. The summed E-state index contributed by atoms with van der Waals surface area (Å²) in [6.07, 6.45) is -0.348. The summed E-state index contributed by atoms with van der Waals surface area (Å²) >= 11 is 0. The number of aryl methyl sites for hydroxylation is 1. The minimum atomic E-state index is -0.348. The Bertz CT molecular complexity index is 886. The van der Waals surface area contributed by atoms with Gasteiger partial charge >= 0.3 is 0 Å². The van der Waals surface area contributed by atoms with Gasteiger partial charge in [-0.25, -0.2) is 0 Å². The second kappa shape index (κ2) is 6.44. The van der Waals surface area contributed by atoms with E-state index in [1.165, 1.54) is 5.56 Å². The molecule has 1 heterocycles. The fourth-order valence-corrected chi connectivity index (χ4v) is 3.35. The highest BCUT2D eigenvalue weighted by molar-refractivity contribution is 6.01. The SMILES string of the molecule is Cc1ccc(N2CC(c3ccccc3)=[N+]([O-])C2c2ccccc2)cc1. The standard InChI is InChI=1S/C22H20N2O/c1-17-12-14-20(15-13-17)23-16-21(18-8-4-2-5-9-18)24(25)22(23)19-10-6-3-7-11-19/h2-15,22H,16H2,1H3. The Hall–Kier alpha value is -3.07. The maximum absolute atomic E-state index is 13.2. The Labute approximate surface area is 148 Å².